The Morgan fingerprint density at radius 2 is 1.28 bits per heavy atom. The molecule has 25 heteroatoms. The summed E-state index contributed by atoms with van der Waals surface area (Å²) in [5.41, 5.74) is 14.3. The van der Waals surface area contributed by atoms with Crippen molar-refractivity contribution in [2.24, 2.45) is 0 Å². The van der Waals surface area contributed by atoms with E-state index in [2.05, 4.69) is 45.3 Å². The van der Waals surface area contributed by atoms with Gasteiger partial charge in [-0.25, -0.2) is 19.9 Å². The standard InChI is InChI=1S/C14H8N4O3S.C8H5NO2S.C6H7N3O2.C4H5BO3.C4H2BrNOS/c19-18(20)8-3-4-9-10(6-8)16-13(15-9)11-7-22-14(17-11)12-2-1-5-21-12;10-4-6-5-12-8(9-6)7-2-1-3-11-7;7-5-2-1-4(9(10)11)3-6(5)8;6-5(7)4-2-1-3-8-4;5-4-6-3(1-7)2-8-4/h1-7H,(H,15,16);1-5H;1-3H,7-8H2;1-3,6-7H;1-2H. The monoisotopic (exact) mass is 947 g/mol. The number of nitro benzene ring substituents is 2. The molecular weight excluding hydrogens is 921 g/mol. The number of nitro groups is 2. The molecular formula is C36H27BBrN9O11S3. The van der Waals surface area contributed by atoms with Crippen LogP contribution in [0.1, 0.15) is 21.0 Å². The third-order valence-corrected chi connectivity index (χ3v) is 10.3. The van der Waals surface area contributed by atoms with Crippen LogP contribution in [0, 0.1) is 20.2 Å². The van der Waals surface area contributed by atoms with Crippen LogP contribution in [0.15, 0.2) is 125 Å². The number of thiazole rings is 3. The molecule has 7 N–H and O–H groups in total. The van der Waals surface area contributed by atoms with Gasteiger partial charge in [-0.1, -0.05) is 0 Å². The van der Waals surface area contributed by atoms with Gasteiger partial charge in [0.05, 0.1) is 51.0 Å². The van der Waals surface area contributed by atoms with E-state index in [1.54, 1.807) is 47.6 Å². The van der Waals surface area contributed by atoms with Gasteiger partial charge in [-0.05, 0) is 64.5 Å². The fourth-order valence-electron chi connectivity index (χ4n) is 4.41. The Morgan fingerprint density at radius 1 is 0.705 bits per heavy atom. The number of nitrogens with zero attached hydrogens (tertiary/aromatic N) is 6. The van der Waals surface area contributed by atoms with Crippen LogP contribution < -0.4 is 17.1 Å². The van der Waals surface area contributed by atoms with E-state index >= 15 is 0 Å². The summed E-state index contributed by atoms with van der Waals surface area (Å²) in [6.45, 7) is 0. The van der Waals surface area contributed by atoms with Gasteiger partial charge >= 0.3 is 7.12 Å². The first-order chi connectivity index (χ1) is 29.3. The van der Waals surface area contributed by atoms with Crippen molar-refractivity contribution in [1.82, 2.24) is 24.9 Å². The number of carbonyl (C=O) groups is 2. The normalized spacial score (nSPS) is 10.1. The lowest BCUT2D eigenvalue weighted by Gasteiger charge is -1.97. The topological polar surface area (TPSA) is 320 Å². The second-order valence-corrected chi connectivity index (χ2v) is 15.2. The first kappa shape index (κ1) is 44.9. The zero-order chi connectivity index (χ0) is 43.9. The zero-order valence-corrected chi connectivity index (χ0v) is 34.7. The van der Waals surface area contributed by atoms with E-state index in [0.29, 0.717) is 51.1 Å². The highest BCUT2D eigenvalue weighted by Crippen LogP contribution is 2.30. The number of carbonyl (C=O) groups excluding carboxylic acids is 2. The molecule has 0 atom stereocenters. The van der Waals surface area contributed by atoms with Gasteiger partial charge in [0.1, 0.15) is 22.7 Å². The van der Waals surface area contributed by atoms with Crippen LogP contribution in [0.25, 0.3) is 44.1 Å². The Hall–Kier alpha value is -7.16. The number of halogens is 1. The molecule has 61 heavy (non-hydrogen) atoms. The van der Waals surface area contributed by atoms with Crippen LogP contribution in [0.5, 0.6) is 0 Å². The summed E-state index contributed by atoms with van der Waals surface area (Å²) in [4.78, 5) is 60.0. The number of aromatic amines is 1. The van der Waals surface area contributed by atoms with Crippen LogP contribution in [-0.4, -0.2) is 64.5 Å². The Morgan fingerprint density at radius 3 is 1.77 bits per heavy atom. The van der Waals surface area contributed by atoms with Crippen LogP contribution in [0.4, 0.5) is 22.7 Å². The summed E-state index contributed by atoms with van der Waals surface area (Å²) in [6.07, 6.45) is 6.01. The smallest absolute Gasteiger partial charge is 0.473 e. The minimum Gasteiger partial charge on any atom is -0.473 e. The van der Waals surface area contributed by atoms with Crippen molar-refractivity contribution in [1.29, 1.82) is 0 Å². The quantitative estimate of drug-likeness (QED) is 0.0323. The maximum atomic E-state index is 10.8. The molecule has 20 nitrogen and oxygen atoms in total. The number of aldehydes is 2. The number of aromatic nitrogens is 5. The first-order valence-electron chi connectivity index (χ1n) is 16.7. The second-order valence-electron chi connectivity index (χ2n) is 11.3. The van der Waals surface area contributed by atoms with Gasteiger partial charge in [-0.15, -0.1) is 34.0 Å². The van der Waals surface area contributed by atoms with Crippen molar-refractivity contribution in [2.45, 2.75) is 0 Å². The number of imidazole rings is 1. The van der Waals surface area contributed by atoms with E-state index in [1.165, 1.54) is 76.7 Å². The maximum Gasteiger partial charge on any atom is 0.526 e. The number of benzene rings is 2. The Bertz CT molecular complexity index is 2810. The predicted octanol–water partition coefficient (Wildman–Crippen LogP) is 7.51. The van der Waals surface area contributed by atoms with Crippen molar-refractivity contribution < 1.29 is 42.7 Å². The van der Waals surface area contributed by atoms with Crippen LogP contribution in [-0.2, 0) is 0 Å². The molecule has 310 valence electrons. The van der Waals surface area contributed by atoms with Gasteiger partial charge in [0.15, 0.2) is 43.8 Å². The highest BCUT2D eigenvalue weighted by atomic mass is 79.9. The molecule has 0 spiro atoms. The summed E-state index contributed by atoms with van der Waals surface area (Å²) >= 11 is 7.37. The number of rotatable bonds is 8. The lowest BCUT2D eigenvalue weighted by atomic mass is 9.88. The van der Waals surface area contributed by atoms with Gasteiger partial charge in [0, 0.05) is 40.4 Å². The molecule has 0 amide bonds. The molecule has 0 saturated heterocycles. The third-order valence-electron chi connectivity index (χ3n) is 7.22. The highest BCUT2D eigenvalue weighted by Gasteiger charge is 2.15. The SMILES string of the molecule is Nc1ccc([N+](=O)[O-])cc1N.O=Cc1csc(-c2ccco2)n1.O=Cc1csc(Br)n1.O=[N+]([O-])c1ccc2nc(-c3csc(-c4ccco4)n3)[nH]c2c1.OB(O)c1ccco1. The van der Waals surface area contributed by atoms with Crippen LogP contribution >= 0.6 is 49.9 Å². The number of anilines is 2. The zero-order valence-electron chi connectivity index (χ0n) is 30.6. The molecule has 0 aliphatic rings. The average Bonchev–Trinajstić information content (AvgIpc) is 4.11. The minimum atomic E-state index is -1.48. The first-order valence-corrected chi connectivity index (χ1v) is 20.1. The second kappa shape index (κ2) is 21.7. The average molecular weight is 949 g/mol. The molecule has 0 bridgehead atoms. The van der Waals surface area contributed by atoms with E-state index in [1.807, 2.05) is 17.5 Å². The molecule has 0 radical (unpaired) electrons. The number of hydrogen-bond donors (Lipinski definition) is 5. The van der Waals surface area contributed by atoms with Crippen molar-refractivity contribution >= 4 is 109 Å². The molecule has 9 aromatic rings. The van der Waals surface area contributed by atoms with Gasteiger partial charge in [0.2, 0.25) is 0 Å². The number of nitrogens with one attached hydrogen (secondary N) is 1. The fourth-order valence-corrected chi connectivity index (χ4v) is 6.88. The molecule has 0 saturated carbocycles. The molecule has 0 aliphatic heterocycles. The summed E-state index contributed by atoms with van der Waals surface area (Å²) < 4.78 is 15.8. The number of nitrogens with two attached hydrogens (primary N) is 2. The summed E-state index contributed by atoms with van der Waals surface area (Å²) in [7, 11) is -1.48. The molecule has 0 aliphatic carbocycles. The van der Waals surface area contributed by atoms with E-state index in [-0.39, 0.29) is 22.7 Å². The van der Waals surface area contributed by atoms with Gasteiger partial charge in [0.25, 0.3) is 11.4 Å². The van der Waals surface area contributed by atoms with Gasteiger partial charge < -0.3 is 39.8 Å². The van der Waals surface area contributed by atoms with Crippen molar-refractivity contribution in [3.8, 4) is 33.1 Å². The van der Waals surface area contributed by atoms with E-state index in [4.69, 9.17) is 30.3 Å². The maximum absolute atomic E-state index is 10.8. The van der Waals surface area contributed by atoms with Gasteiger partial charge in [-0.2, -0.15) is 0 Å². The van der Waals surface area contributed by atoms with Crippen molar-refractivity contribution in [2.75, 3.05) is 11.5 Å². The van der Waals surface area contributed by atoms with Crippen molar-refractivity contribution in [3.63, 3.8) is 0 Å². The number of hydrogen-bond acceptors (Lipinski definition) is 20. The van der Waals surface area contributed by atoms with E-state index in [0.717, 1.165) is 26.5 Å². The molecule has 0 unspecified atom stereocenters. The van der Waals surface area contributed by atoms with E-state index < -0.39 is 17.0 Å². The minimum absolute atomic E-state index is 0.0252. The van der Waals surface area contributed by atoms with Crippen LogP contribution in [0.2, 0.25) is 0 Å². The Kier molecular flexibility index (Phi) is 16.0. The number of nitrogen functional groups attached to an aromatic ring is 2. The third kappa shape index (κ3) is 12.9. The molecule has 7 aromatic heterocycles. The summed E-state index contributed by atoms with van der Waals surface area (Å²) in [5, 5.41) is 44.5. The Labute approximate surface area is 362 Å². The molecule has 0 fully saturated rings. The number of furan rings is 3. The number of non-ortho nitro benzene ring substituents is 2. The summed E-state index contributed by atoms with van der Waals surface area (Å²) in [6, 6.07) is 18.8. The lowest BCUT2D eigenvalue weighted by Crippen LogP contribution is -2.27. The molecule has 2 aromatic carbocycles. The highest BCUT2D eigenvalue weighted by molar-refractivity contribution is 9.11. The largest absolute Gasteiger partial charge is 0.526 e. The van der Waals surface area contributed by atoms with Crippen LogP contribution in [0.3, 0.4) is 0 Å². The summed E-state index contributed by atoms with van der Waals surface area (Å²) in [5.74, 6) is 1.97. The number of fused-ring (bicyclic) bond motifs is 1. The molecule has 7 heterocycles. The fraction of sp³-hybridized carbons (Fsp3) is 0. The lowest BCUT2D eigenvalue weighted by molar-refractivity contribution is -0.384. The predicted molar refractivity (Wildman–Crippen MR) is 232 cm³/mol. The van der Waals surface area contributed by atoms with Gasteiger partial charge in [-0.3, -0.25) is 29.8 Å². The number of H-pyrrole nitrogens is 1. The Balaban J connectivity index is 0.000000155. The van der Waals surface area contributed by atoms with Crippen molar-refractivity contribution in [3.05, 3.63) is 143 Å². The van der Waals surface area contributed by atoms with E-state index in [9.17, 15) is 29.8 Å². The molecule has 9 rings (SSSR count).